The molecule has 0 radical (unpaired) electrons. The standard InChI is InChI=1S/C28H30F6N2/c1-2-13-36(18-19-7-3-4-8-19)26-22(16-21-9-5-6-10-25(21)35-26)12-11-20-14-23(27(29,30)31)17-24(15-20)28(32,33)34/h5-6,9-10,14-17,19H,2-4,7-8,11-13,18H2,1H3. The van der Waals surface area contributed by atoms with E-state index in [4.69, 9.17) is 4.98 Å². The van der Waals surface area contributed by atoms with Crippen LogP contribution in [-0.2, 0) is 25.2 Å². The van der Waals surface area contributed by atoms with Crippen molar-refractivity contribution in [2.24, 2.45) is 5.92 Å². The van der Waals surface area contributed by atoms with Crippen LogP contribution in [0.1, 0.15) is 61.3 Å². The number of benzene rings is 2. The van der Waals surface area contributed by atoms with Crippen LogP contribution < -0.4 is 4.90 Å². The second-order valence-corrected chi connectivity index (χ2v) is 9.67. The SMILES string of the molecule is CCCN(CC1CCCC1)c1nc2ccccc2cc1CCc1cc(C(F)(F)F)cc(C(F)(F)F)c1. The molecular weight excluding hydrogens is 478 g/mol. The number of alkyl halides is 6. The first-order chi connectivity index (χ1) is 17.0. The Balaban J connectivity index is 1.70. The van der Waals surface area contributed by atoms with Gasteiger partial charge in [-0.15, -0.1) is 0 Å². The third-order valence-corrected chi connectivity index (χ3v) is 6.86. The molecule has 0 N–H and O–H groups in total. The molecule has 1 aliphatic carbocycles. The number of anilines is 1. The van der Waals surface area contributed by atoms with Crippen molar-refractivity contribution in [3.63, 3.8) is 0 Å². The van der Waals surface area contributed by atoms with Crippen LogP contribution in [0.4, 0.5) is 32.2 Å². The van der Waals surface area contributed by atoms with Crippen molar-refractivity contribution < 1.29 is 26.3 Å². The van der Waals surface area contributed by atoms with Crippen molar-refractivity contribution >= 4 is 16.7 Å². The Bertz CT molecular complexity index is 1150. The number of nitrogens with zero attached hydrogens (tertiary/aromatic N) is 2. The molecule has 2 aromatic carbocycles. The Hall–Kier alpha value is -2.77. The van der Waals surface area contributed by atoms with Gasteiger partial charge in [-0.2, -0.15) is 26.3 Å². The smallest absolute Gasteiger partial charge is 0.356 e. The summed E-state index contributed by atoms with van der Waals surface area (Å²) in [6.45, 7) is 3.73. The lowest BCUT2D eigenvalue weighted by Crippen LogP contribution is -2.31. The average molecular weight is 509 g/mol. The second-order valence-electron chi connectivity index (χ2n) is 9.67. The number of halogens is 6. The van der Waals surface area contributed by atoms with E-state index in [-0.39, 0.29) is 24.5 Å². The van der Waals surface area contributed by atoms with Crippen molar-refractivity contribution in [3.8, 4) is 0 Å². The van der Waals surface area contributed by atoms with Crippen molar-refractivity contribution in [3.05, 3.63) is 70.8 Å². The fourth-order valence-electron chi connectivity index (χ4n) is 5.11. The first-order valence-electron chi connectivity index (χ1n) is 12.5. The number of para-hydroxylation sites is 1. The van der Waals surface area contributed by atoms with E-state index in [0.29, 0.717) is 5.92 Å². The Morgan fingerprint density at radius 2 is 1.50 bits per heavy atom. The molecule has 0 saturated heterocycles. The van der Waals surface area contributed by atoms with Crippen LogP contribution in [-0.4, -0.2) is 18.1 Å². The third-order valence-electron chi connectivity index (χ3n) is 6.86. The van der Waals surface area contributed by atoms with Crippen LogP contribution >= 0.6 is 0 Å². The highest BCUT2D eigenvalue weighted by atomic mass is 19.4. The monoisotopic (exact) mass is 508 g/mol. The maximum Gasteiger partial charge on any atom is 0.416 e. The van der Waals surface area contributed by atoms with Crippen LogP contribution in [0, 0.1) is 5.92 Å². The van der Waals surface area contributed by atoms with E-state index in [1.807, 2.05) is 30.3 Å². The summed E-state index contributed by atoms with van der Waals surface area (Å²) in [5.41, 5.74) is -0.890. The van der Waals surface area contributed by atoms with Gasteiger partial charge in [0.1, 0.15) is 5.82 Å². The number of pyridine rings is 1. The zero-order valence-corrected chi connectivity index (χ0v) is 20.2. The first kappa shape index (κ1) is 26.3. The highest BCUT2D eigenvalue weighted by Gasteiger charge is 2.36. The lowest BCUT2D eigenvalue weighted by atomic mass is 9.98. The van der Waals surface area contributed by atoms with Gasteiger partial charge in [-0.1, -0.05) is 38.0 Å². The Kier molecular flexibility index (Phi) is 7.81. The molecule has 1 fully saturated rings. The van der Waals surface area contributed by atoms with Crippen molar-refractivity contribution in [1.29, 1.82) is 0 Å². The summed E-state index contributed by atoms with van der Waals surface area (Å²) >= 11 is 0. The van der Waals surface area contributed by atoms with Gasteiger partial charge >= 0.3 is 12.4 Å². The molecule has 2 nitrogen and oxygen atoms in total. The predicted molar refractivity (Wildman–Crippen MR) is 130 cm³/mol. The fourth-order valence-corrected chi connectivity index (χ4v) is 5.11. The van der Waals surface area contributed by atoms with Gasteiger partial charge in [0.15, 0.2) is 0 Å². The Labute approximate surface area is 207 Å². The third kappa shape index (κ3) is 6.31. The molecule has 0 bridgehead atoms. The highest BCUT2D eigenvalue weighted by Crippen LogP contribution is 2.37. The lowest BCUT2D eigenvalue weighted by molar-refractivity contribution is -0.143. The summed E-state index contributed by atoms with van der Waals surface area (Å²) in [6.07, 6.45) is -3.74. The molecule has 4 rings (SSSR count). The van der Waals surface area contributed by atoms with Crippen LogP contribution in [0.25, 0.3) is 10.9 Å². The summed E-state index contributed by atoms with van der Waals surface area (Å²) in [6, 6.07) is 11.4. The summed E-state index contributed by atoms with van der Waals surface area (Å²) < 4.78 is 80.0. The maximum absolute atomic E-state index is 13.3. The van der Waals surface area contributed by atoms with Gasteiger partial charge < -0.3 is 4.90 Å². The number of hydrogen-bond donors (Lipinski definition) is 0. The van der Waals surface area contributed by atoms with Gasteiger partial charge in [0, 0.05) is 18.5 Å². The van der Waals surface area contributed by atoms with Crippen LogP contribution in [0.15, 0.2) is 48.5 Å². The number of fused-ring (bicyclic) bond motifs is 1. The topological polar surface area (TPSA) is 16.1 Å². The van der Waals surface area contributed by atoms with Crippen LogP contribution in [0.2, 0.25) is 0 Å². The van der Waals surface area contributed by atoms with E-state index in [2.05, 4.69) is 11.8 Å². The van der Waals surface area contributed by atoms with Crippen LogP contribution in [0.5, 0.6) is 0 Å². The summed E-state index contributed by atoms with van der Waals surface area (Å²) in [5, 5.41) is 0.897. The molecule has 0 unspecified atom stereocenters. The molecular formula is C28H30F6N2. The van der Waals surface area contributed by atoms with Crippen molar-refractivity contribution in [1.82, 2.24) is 4.98 Å². The normalized spacial score (nSPS) is 15.1. The molecule has 0 aliphatic heterocycles. The minimum Gasteiger partial charge on any atom is -0.356 e. The van der Waals surface area contributed by atoms with Gasteiger partial charge in [-0.05, 0) is 79.5 Å². The molecule has 194 valence electrons. The van der Waals surface area contributed by atoms with E-state index in [1.165, 1.54) is 12.8 Å². The average Bonchev–Trinajstić information content (AvgIpc) is 3.34. The van der Waals surface area contributed by atoms with Gasteiger partial charge in [0.05, 0.1) is 16.6 Å². The quantitative estimate of drug-likeness (QED) is 0.284. The predicted octanol–water partition coefficient (Wildman–Crippen LogP) is 8.46. The van der Waals surface area contributed by atoms with Crippen LogP contribution in [0.3, 0.4) is 0 Å². The zero-order chi connectivity index (χ0) is 25.9. The fraction of sp³-hybridized carbons (Fsp3) is 0.464. The molecule has 36 heavy (non-hydrogen) atoms. The summed E-state index contributed by atoms with van der Waals surface area (Å²) in [4.78, 5) is 7.18. The molecule has 0 amide bonds. The van der Waals surface area contributed by atoms with E-state index in [0.717, 1.165) is 66.8 Å². The highest BCUT2D eigenvalue weighted by molar-refractivity contribution is 5.82. The lowest BCUT2D eigenvalue weighted by Gasteiger charge is -2.29. The molecule has 0 atom stereocenters. The number of rotatable bonds is 8. The number of aryl methyl sites for hydroxylation is 2. The Morgan fingerprint density at radius 3 is 2.11 bits per heavy atom. The maximum atomic E-state index is 13.3. The molecule has 1 aliphatic rings. The molecule has 0 spiro atoms. The van der Waals surface area contributed by atoms with E-state index < -0.39 is 23.5 Å². The molecule has 3 aromatic rings. The van der Waals surface area contributed by atoms with Gasteiger partial charge in [0.2, 0.25) is 0 Å². The first-order valence-corrected chi connectivity index (χ1v) is 12.5. The van der Waals surface area contributed by atoms with E-state index >= 15 is 0 Å². The van der Waals surface area contributed by atoms with Crippen molar-refractivity contribution in [2.75, 3.05) is 18.0 Å². The second kappa shape index (κ2) is 10.7. The number of aromatic nitrogens is 1. The summed E-state index contributed by atoms with van der Waals surface area (Å²) in [7, 11) is 0. The Morgan fingerprint density at radius 1 is 0.861 bits per heavy atom. The zero-order valence-electron chi connectivity index (χ0n) is 20.2. The molecule has 1 heterocycles. The van der Waals surface area contributed by atoms with E-state index in [9.17, 15) is 26.3 Å². The van der Waals surface area contributed by atoms with Gasteiger partial charge in [0.25, 0.3) is 0 Å². The molecule has 1 aromatic heterocycles. The van der Waals surface area contributed by atoms with Crippen molar-refractivity contribution in [2.45, 2.75) is 64.2 Å². The molecule has 8 heteroatoms. The van der Waals surface area contributed by atoms with E-state index in [1.54, 1.807) is 0 Å². The number of hydrogen-bond acceptors (Lipinski definition) is 2. The van der Waals surface area contributed by atoms with Gasteiger partial charge in [-0.25, -0.2) is 4.98 Å². The minimum atomic E-state index is -4.86. The minimum absolute atomic E-state index is 0.00842. The largest absolute Gasteiger partial charge is 0.416 e. The van der Waals surface area contributed by atoms with Gasteiger partial charge in [-0.3, -0.25) is 0 Å². The summed E-state index contributed by atoms with van der Waals surface area (Å²) in [5.74, 6) is 1.35. The molecule has 1 saturated carbocycles.